The highest BCUT2D eigenvalue weighted by Crippen LogP contribution is 2.24. The number of nitrogens with one attached hydrogen (secondary N) is 1. The van der Waals surface area contributed by atoms with Gasteiger partial charge in [-0.1, -0.05) is 6.07 Å². The van der Waals surface area contributed by atoms with Gasteiger partial charge in [-0.3, -0.25) is 9.67 Å². The summed E-state index contributed by atoms with van der Waals surface area (Å²) in [5.41, 5.74) is 6.48. The first-order valence-electron chi connectivity index (χ1n) is 7.83. The van der Waals surface area contributed by atoms with Crippen LogP contribution in [0.5, 0.6) is 0 Å². The van der Waals surface area contributed by atoms with E-state index >= 15 is 0 Å². The Labute approximate surface area is 136 Å². The highest BCUT2D eigenvalue weighted by Gasteiger charge is 2.12. The Bertz CT molecular complexity index is 838. The molecule has 0 radical (unpaired) electrons. The Balaban J connectivity index is 1.90. The van der Waals surface area contributed by atoms with Gasteiger partial charge in [-0.25, -0.2) is 0 Å². The molecule has 0 spiro atoms. The topological polar surface area (TPSA) is 63.0 Å². The zero-order valence-electron chi connectivity index (χ0n) is 13.8. The van der Waals surface area contributed by atoms with E-state index in [1.165, 1.54) is 11.1 Å². The van der Waals surface area contributed by atoms with Crippen molar-refractivity contribution in [1.82, 2.24) is 14.8 Å². The Morgan fingerprint density at radius 2 is 2.04 bits per heavy atom. The van der Waals surface area contributed by atoms with E-state index in [0.29, 0.717) is 13.1 Å². The third kappa shape index (κ3) is 3.05. The normalized spacial score (nSPS) is 11.1. The number of anilines is 1. The molecule has 0 amide bonds. The molecule has 0 aliphatic rings. The van der Waals surface area contributed by atoms with E-state index in [0.717, 1.165) is 28.0 Å². The lowest BCUT2D eigenvalue weighted by Gasteiger charge is -2.11. The number of pyridine rings is 1. The second-order valence-electron chi connectivity index (χ2n) is 5.84. The van der Waals surface area contributed by atoms with Gasteiger partial charge < -0.3 is 10.4 Å². The Morgan fingerprint density at radius 1 is 1.22 bits per heavy atom. The number of nitrogens with zero attached hydrogens (tertiary/aromatic N) is 3. The molecule has 3 aromatic rings. The Hall–Kier alpha value is -2.40. The molecular formula is C18H22N4O. The highest BCUT2D eigenvalue weighted by atomic mass is 16.3. The van der Waals surface area contributed by atoms with Gasteiger partial charge in [0.25, 0.3) is 0 Å². The molecule has 1 aromatic carbocycles. The van der Waals surface area contributed by atoms with Crippen LogP contribution < -0.4 is 5.32 Å². The molecule has 5 nitrogen and oxygen atoms in total. The number of hydrogen-bond acceptors (Lipinski definition) is 4. The fourth-order valence-corrected chi connectivity index (χ4v) is 2.96. The summed E-state index contributed by atoms with van der Waals surface area (Å²) in [6, 6.07) is 8.30. The minimum atomic E-state index is 0.0985. The van der Waals surface area contributed by atoms with Crippen molar-refractivity contribution in [2.45, 2.75) is 33.9 Å². The molecule has 2 N–H and O–H groups in total. The SMILES string of the molecule is Cc1cc(NCc2c(C)nn(CCO)c2C)c2ncccc2c1. The largest absolute Gasteiger partial charge is 0.394 e. The summed E-state index contributed by atoms with van der Waals surface area (Å²) in [6.07, 6.45) is 1.82. The van der Waals surface area contributed by atoms with Gasteiger partial charge in [-0.15, -0.1) is 0 Å². The van der Waals surface area contributed by atoms with Crippen LogP contribution in [0.25, 0.3) is 10.9 Å². The average Bonchev–Trinajstić information content (AvgIpc) is 2.79. The van der Waals surface area contributed by atoms with Gasteiger partial charge in [0, 0.05) is 29.4 Å². The molecule has 2 aromatic heterocycles. The van der Waals surface area contributed by atoms with Crippen molar-refractivity contribution in [3.05, 3.63) is 53.0 Å². The van der Waals surface area contributed by atoms with Crippen molar-refractivity contribution in [3.63, 3.8) is 0 Å². The number of aryl methyl sites for hydroxylation is 2. The maximum atomic E-state index is 9.12. The molecular weight excluding hydrogens is 288 g/mol. The minimum Gasteiger partial charge on any atom is -0.394 e. The maximum Gasteiger partial charge on any atom is 0.0933 e. The van der Waals surface area contributed by atoms with Gasteiger partial charge in [-0.2, -0.15) is 5.10 Å². The summed E-state index contributed by atoms with van der Waals surface area (Å²) in [5.74, 6) is 0. The van der Waals surface area contributed by atoms with Gasteiger partial charge in [0.1, 0.15) is 0 Å². The van der Waals surface area contributed by atoms with Crippen LogP contribution in [0.1, 0.15) is 22.5 Å². The number of aromatic nitrogens is 3. The predicted molar refractivity (Wildman–Crippen MR) is 92.6 cm³/mol. The third-order valence-electron chi connectivity index (χ3n) is 4.15. The van der Waals surface area contributed by atoms with E-state index in [1.54, 1.807) is 0 Å². The van der Waals surface area contributed by atoms with Gasteiger partial charge in [-0.05, 0) is 44.5 Å². The van der Waals surface area contributed by atoms with Crippen LogP contribution in [0, 0.1) is 20.8 Å². The average molecular weight is 310 g/mol. The first-order valence-corrected chi connectivity index (χ1v) is 7.83. The minimum absolute atomic E-state index is 0.0985. The van der Waals surface area contributed by atoms with Crippen LogP contribution >= 0.6 is 0 Å². The molecule has 0 atom stereocenters. The summed E-state index contributed by atoms with van der Waals surface area (Å²) >= 11 is 0. The molecule has 0 aliphatic carbocycles. The monoisotopic (exact) mass is 310 g/mol. The van der Waals surface area contributed by atoms with Crippen LogP contribution in [-0.4, -0.2) is 26.5 Å². The van der Waals surface area contributed by atoms with E-state index in [9.17, 15) is 0 Å². The lowest BCUT2D eigenvalue weighted by atomic mass is 10.1. The molecule has 3 rings (SSSR count). The number of fused-ring (bicyclic) bond motifs is 1. The second kappa shape index (κ2) is 6.38. The molecule has 5 heteroatoms. The second-order valence-corrected chi connectivity index (χ2v) is 5.84. The Morgan fingerprint density at radius 3 is 2.83 bits per heavy atom. The summed E-state index contributed by atoms with van der Waals surface area (Å²) in [4.78, 5) is 4.50. The van der Waals surface area contributed by atoms with Crippen LogP contribution in [-0.2, 0) is 13.1 Å². The highest BCUT2D eigenvalue weighted by molar-refractivity contribution is 5.91. The van der Waals surface area contributed by atoms with E-state index in [-0.39, 0.29) is 6.61 Å². The van der Waals surface area contributed by atoms with E-state index in [4.69, 9.17) is 5.11 Å². The number of rotatable bonds is 5. The van der Waals surface area contributed by atoms with Crippen molar-refractivity contribution < 1.29 is 5.11 Å². The smallest absolute Gasteiger partial charge is 0.0933 e. The quantitative estimate of drug-likeness (QED) is 0.760. The zero-order valence-corrected chi connectivity index (χ0v) is 13.8. The van der Waals surface area contributed by atoms with Gasteiger partial charge >= 0.3 is 0 Å². The van der Waals surface area contributed by atoms with Crippen molar-refractivity contribution in [2.75, 3.05) is 11.9 Å². The first-order chi connectivity index (χ1) is 11.1. The number of aliphatic hydroxyl groups excluding tert-OH is 1. The molecule has 0 bridgehead atoms. The van der Waals surface area contributed by atoms with Crippen LogP contribution in [0.15, 0.2) is 30.5 Å². The van der Waals surface area contributed by atoms with Gasteiger partial charge in [0.05, 0.1) is 30.0 Å². The number of benzene rings is 1. The van der Waals surface area contributed by atoms with Gasteiger partial charge in [0.2, 0.25) is 0 Å². The van der Waals surface area contributed by atoms with Crippen molar-refractivity contribution in [3.8, 4) is 0 Å². The first kappa shape index (κ1) is 15.5. The number of aliphatic hydroxyl groups is 1. The standard InChI is InChI=1S/C18H22N4O/c1-12-9-15-5-4-6-19-18(15)17(10-12)20-11-16-13(2)21-22(7-8-23)14(16)3/h4-6,9-10,20,23H,7-8,11H2,1-3H3. The third-order valence-corrected chi connectivity index (χ3v) is 4.15. The molecule has 120 valence electrons. The maximum absolute atomic E-state index is 9.12. The number of hydrogen-bond donors (Lipinski definition) is 2. The van der Waals surface area contributed by atoms with Crippen molar-refractivity contribution in [1.29, 1.82) is 0 Å². The lowest BCUT2D eigenvalue weighted by Crippen LogP contribution is -2.07. The van der Waals surface area contributed by atoms with E-state index in [1.807, 2.05) is 30.8 Å². The molecule has 0 unspecified atom stereocenters. The van der Waals surface area contributed by atoms with E-state index in [2.05, 4.69) is 40.5 Å². The molecule has 0 saturated carbocycles. The van der Waals surface area contributed by atoms with Crippen molar-refractivity contribution in [2.24, 2.45) is 0 Å². The van der Waals surface area contributed by atoms with Crippen molar-refractivity contribution >= 4 is 16.6 Å². The molecule has 0 saturated heterocycles. The van der Waals surface area contributed by atoms with Crippen LogP contribution in [0.2, 0.25) is 0 Å². The predicted octanol–water partition coefficient (Wildman–Crippen LogP) is 2.96. The molecule has 23 heavy (non-hydrogen) atoms. The zero-order chi connectivity index (χ0) is 16.4. The summed E-state index contributed by atoms with van der Waals surface area (Å²) in [7, 11) is 0. The fraction of sp³-hybridized carbons (Fsp3) is 0.333. The lowest BCUT2D eigenvalue weighted by molar-refractivity contribution is 0.268. The van der Waals surface area contributed by atoms with Crippen LogP contribution in [0.3, 0.4) is 0 Å². The fourth-order valence-electron chi connectivity index (χ4n) is 2.96. The molecule has 0 aliphatic heterocycles. The Kier molecular flexibility index (Phi) is 4.30. The molecule has 0 fully saturated rings. The molecule has 2 heterocycles. The van der Waals surface area contributed by atoms with Gasteiger partial charge in [0.15, 0.2) is 0 Å². The van der Waals surface area contributed by atoms with Crippen LogP contribution in [0.4, 0.5) is 5.69 Å². The van der Waals surface area contributed by atoms with E-state index < -0.39 is 0 Å². The summed E-state index contributed by atoms with van der Waals surface area (Å²) in [6.45, 7) is 7.46. The summed E-state index contributed by atoms with van der Waals surface area (Å²) < 4.78 is 1.86. The summed E-state index contributed by atoms with van der Waals surface area (Å²) in [5, 5.41) is 18.3.